The van der Waals surface area contributed by atoms with Gasteiger partial charge in [0.25, 0.3) is 5.89 Å². The van der Waals surface area contributed by atoms with Crippen molar-refractivity contribution in [3.05, 3.63) is 34.4 Å². The number of aryl methyl sites for hydroxylation is 2. The monoisotopic (exact) mass is 418 g/mol. The van der Waals surface area contributed by atoms with Crippen molar-refractivity contribution in [2.45, 2.75) is 32.5 Å². The summed E-state index contributed by atoms with van der Waals surface area (Å²) in [6.07, 6.45) is 1.41. The second kappa shape index (κ2) is 6.90. The molecule has 0 amide bonds. The van der Waals surface area contributed by atoms with Gasteiger partial charge in [-0.1, -0.05) is 16.8 Å². The lowest BCUT2D eigenvalue weighted by Gasteiger charge is -2.38. The number of pyridine rings is 1. The standard InChI is InChI=1S/C20H20ClFN4O3/c1-11-14-9-13(21)10-15(22)17(14)24-18(16(11)19-23-12(2)25-29-19)26-5-3-20(4-6-26)27-7-8-28-20/h9-10H,3-8H2,1-2H3. The normalized spacial score (nSPS) is 18.8. The molecule has 1 spiro atoms. The van der Waals surface area contributed by atoms with E-state index in [2.05, 4.69) is 20.0 Å². The second-order valence-corrected chi connectivity index (χ2v) is 7.90. The van der Waals surface area contributed by atoms with Crippen LogP contribution in [0.25, 0.3) is 22.4 Å². The molecule has 9 heteroatoms. The first-order chi connectivity index (χ1) is 14.0. The van der Waals surface area contributed by atoms with E-state index in [0.717, 1.165) is 5.56 Å². The first-order valence-corrected chi connectivity index (χ1v) is 9.96. The third-order valence-corrected chi connectivity index (χ3v) is 5.85. The highest BCUT2D eigenvalue weighted by Crippen LogP contribution is 2.40. The minimum Gasteiger partial charge on any atom is -0.356 e. The molecule has 0 atom stereocenters. The first-order valence-electron chi connectivity index (χ1n) is 9.59. The van der Waals surface area contributed by atoms with Gasteiger partial charge in [0, 0.05) is 36.3 Å². The SMILES string of the molecule is Cc1noc(-c2c(N3CCC4(CC3)OCCO4)nc3c(F)cc(Cl)cc3c2C)n1. The van der Waals surface area contributed by atoms with Gasteiger partial charge in [-0.3, -0.25) is 0 Å². The Morgan fingerprint density at radius 3 is 2.48 bits per heavy atom. The molecule has 7 nitrogen and oxygen atoms in total. The number of ether oxygens (including phenoxy) is 2. The van der Waals surface area contributed by atoms with Crippen LogP contribution in [0.5, 0.6) is 0 Å². The van der Waals surface area contributed by atoms with Crippen LogP contribution in [0.3, 0.4) is 0 Å². The van der Waals surface area contributed by atoms with Gasteiger partial charge in [-0.05, 0) is 31.5 Å². The molecule has 0 unspecified atom stereocenters. The third kappa shape index (κ3) is 3.15. The third-order valence-electron chi connectivity index (χ3n) is 5.63. The van der Waals surface area contributed by atoms with Crippen molar-refractivity contribution < 1.29 is 18.4 Å². The molecule has 4 heterocycles. The molecular weight excluding hydrogens is 399 g/mol. The van der Waals surface area contributed by atoms with E-state index in [4.69, 9.17) is 25.6 Å². The zero-order valence-corrected chi connectivity index (χ0v) is 16.9. The van der Waals surface area contributed by atoms with Gasteiger partial charge in [0.1, 0.15) is 11.3 Å². The fourth-order valence-corrected chi connectivity index (χ4v) is 4.36. The van der Waals surface area contributed by atoms with Gasteiger partial charge in [0.05, 0.1) is 18.8 Å². The van der Waals surface area contributed by atoms with Gasteiger partial charge in [-0.2, -0.15) is 4.98 Å². The highest BCUT2D eigenvalue weighted by molar-refractivity contribution is 6.31. The summed E-state index contributed by atoms with van der Waals surface area (Å²) >= 11 is 6.10. The van der Waals surface area contributed by atoms with Crippen LogP contribution in [0, 0.1) is 19.7 Å². The summed E-state index contributed by atoms with van der Waals surface area (Å²) in [6, 6.07) is 2.99. The molecule has 0 bridgehead atoms. The average Bonchev–Trinajstić information content (AvgIpc) is 3.32. The van der Waals surface area contributed by atoms with Crippen LogP contribution in [-0.4, -0.2) is 47.2 Å². The zero-order chi connectivity index (χ0) is 20.2. The summed E-state index contributed by atoms with van der Waals surface area (Å²) in [5, 5.41) is 4.86. The van der Waals surface area contributed by atoms with Crippen molar-refractivity contribution in [2.24, 2.45) is 0 Å². The Morgan fingerprint density at radius 2 is 1.83 bits per heavy atom. The summed E-state index contributed by atoms with van der Waals surface area (Å²) in [5.41, 5.74) is 1.77. The van der Waals surface area contributed by atoms with Crippen molar-refractivity contribution in [3.8, 4) is 11.5 Å². The Morgan fingerprint density at radius 1 is 1.10 bits per heavy atom. The first kappa shape index (κ1) is 18.7. The number of fused-ring (bicyclic) bond motifs is 1. The lowest BCUT2D eigenvalue weighted by molar-refractivity contribution is -0.169. The van der Waals surface area contributed by atoms with Gasteiger partial charge in [-0.25, -0.2) is 9.37 Å². The number of benzene rings is 1. The van der Waals surface area contributed by atoms with Gasteiger partial charge in [0.15, 0.2) is 17.4 Å². The number of nitrogens with zero attached hydrogens (tertiary/aromatic N) is 4. The number of piperidine rings is 1. The summed E-state index contributed by atoms with van der Waals surface area (Å²) in [5.74, 6) is 0.530. The lowest BCUT2D eigenvalue weighted by Crippen LogP contribution is -2.45. The quantitative estimate of drug-likeness (QED) is 0.621. The largest absolute Gasteiger partial charge is 0.356 e. The second-order valence-electron chi connectivity index (χ2n) is 7.46. The van der Waals surface area contributed by atoms with Gasteiger partial charge in [0.2, 0.25) is 0 Å². The smallest absolute Gasteiger partial charge is 0.261 e. The van der Waals surface area contributed by atoms with Crippen LogP contribution >= 0.6 is 11.6 Å². The molecule has 5 rings (SSSR count). The Labute approximate surface area is 171 Å². The Kier molecular flexibility index (Phi) is 4.45. The topological polar surface area (TPSA) is 73.5 Å². The molecule has 2 aliphatic rings. The van der Waals surface area contributed by atoms with Crippen LogP contribution in [0.1, 0.15) is 24.2 Å². The van der Waals surface area contributed by atoms with E-state index in [1.165, 1.54) is 6.07 Å². The molecule has 2 saturated heterocycles. The van der Waals surface area contributed by atoms with Gasteiger partial charge >= 0.3 is 0 Å². The molecule has 0 saturated carbocycles. The Hall–Kier alpha value is -2.29. The molecule has 0 aliphatic carbocycles. The van der Waals surface area contributed by atoms with E-state index >= 15 is 0 Å². The number of rotatable bonds is 2. The van der Waals surface area contributed by atoms with Crippen LogP contribution in [0.2, 0.25) is 5.02 Å². The maximum absolute atomic E-state index is 14.7. The summed E-state index contributed by atoms with van der Waals surface area (Å²) in [4.78, 5) is 11.2. The molecule has 0 N–H and O–H groups in total. The minimum atomic E-state index is -0.512. The summed E-state index contributed by atoms with van der Waals surface area (Å²) < 4.78 is 31.8. The van der Waals surface area contributed by atoms with Gasteiger partial charge < -0.3 is 18.9 Å². The Bertz CT molecular complexity index is 1090. The van der Waals surface area contributed by atoms with Crippen LogP contribution in [0.4, 0.5) is 10.2 Å². The average molecular weight is 419 g/mol. The van der Waals surface area contributed by atoms with Crippen molar-refractivity contribution in [1.29, 1.82) is 0 Å². The molecule has 2 aliphatic heterocycles. The van der Waals surface area contributed by atoms with Crippen LogP contribution in [0.15, 0.2) is 16.7 Å². The van der Waals surface area contributed by atoms with Gasteiger partial charge in [-0.15, -0.1) is 0 Å². The van der Waals surface area contributed by atoms with E-state index in [0.29, 0.717) is 72.7 Å². The van der Waals surface area contributed by atoms with E-state index in [1.807, 2.05) is 6.92 Å². The van der Waals surface area contributed by atoms with Crippen molar-refractivity contribution >= 4 is 28.3 Å². The lowest BCUT2D eigenvalue weighted by atomic mass is 10.00. The highest BCUT2D eigenvalue weighted by Gasteiger charge is 2.41. The molecule has 29 heavy (non-hydrogen) atoms. The summed E-state index contributed by atoms with van der Waals surface area (Å²) in [6.45, 7) is 6.21. The van der Waals surface area contributed by atoms with Crippen LogP contribution in [-0.2, 0) is 9.47 Å². The molecular formula is C20H20ClFN4O3. The molecule has 2 aromatic heterocycles. The zero-order valence-electron chi connectivity index (χ0n) is 16.2. The van der Waals surface area contributed by atoms with Crippen molar-refractivity contribution in [2.75, 3.05) is 31.2 Å². The predicted octanol–water partition coefficient (Wildman–Crippen LogP) is 4.04. The summed E-state index contributed by atoms with van der Waals surface area (Å²) in [7, 11) is 0. The maximum atomic E-state index is 14.7. The molecule has 152 valence electrons. The van der Waals surface area contributed by atoms with Crippen LogP contribution < -0.4 is 4.90 Å². The molecule has 2 fully saturated rings. The fourth-order valence-electron chi connectivity index (χ4n) is 4.16. The molecule has 1 aromatic carbocycles. The number of halogens is 2. The van der Waals surface area contributed by atoms with E-state index < -0.39 is 11.6 Å². The number of anilines is 1. The Balaban J connectivity index is 1.65. The molecule has 3 aromatic rings. The fraction of sp³-hybridized carbons (Fsp3) is 0.450. The van der Waals surface area contributed by atoms with E-state index in [9.17, 15) is 4.39 Å². The molecule has 0 radical (unpaired) electrons. The van der Waals surface area contributed by atoms with E-state index in [1.54, 1.807) is 13.0 Å². The minimum absolute atomic E-state index is 0.274. The predicted molar refractivity (Wildman–Crippen MR) is 106 cm³/mol. The van der Waals surface area contributed by atoms with Crippen molar-refractivity contribution in [3.63, 3.8) is 0 Å². The highest BCUT2D eigenvalue weighted by atomic mass is 35.5. The number of hydrogen-bond donors (Lipinski definition) is 0. The van der Waals surface area contributed by atoms with E-state index in [-0.39, 0.29) is 5.52 Å². The maximum Gasteiger partial charge on any atom is 0.261 e. The number of hydrogen-bond acceptors (Lipinski definition) is 7. The van der Waals surface area contributed by atoms with Crippen molar-refractivity contribution in [1.82, 2.24) is 15.1 Å². The number of aromatic nitrogens is 3.